The molecule has 6 heteroatoms. The van der Waals surface area contributed by atoms with Gasteiger partial charge in [-0.25, -0.2) is 4.98 Å². The van der Waals surface area contributed by atoms with Gasteiger partial charge in [-0.1, -0.05) is 12.1 Å². The number of hydrogen-bond acceptors (Lipinski definition) is 5. The third-order valence-electron chi connectivity index (χ3n) is 6.15. The number of carbonyl (C=O) groups excluding carboxylic acids is 2. The molecule has 1 aliphatic heterocycles. The average molecular weight is 410 g/mol. The van der Waals surface area contributed by atoms with Gasteiger partial charge in [-0.3, -0.25) is 14.5 Å². The minimum absolute atomic E-state index is 0.000368. The number of aromatic nitrogens is 2. The quantitative estimate of drug-likeness (QED) is 0.609. The molecule has 2 aromatic heterocycles. The number of likely N-dealkylation sites (tertiary alicyclic amines) is 1. The van der Waals surface area contributed by atoms with E-state index in [0.717, 1.165) is 42.7 Å². The van der Waals surface area contributed by atoms with E-state index in [-0.39, 0.29) is 17.6 Å². The number of piperidine rings is 1. The summed E-state index contributed by atoms with van der Waals surface area (Å²) in [7, 11) is 0. The molecule has 1 fully saturated rings. The molecule has 0 aliphatic carbocycles. The number of thiazole rings is 1. The van der Waals surface area contributed by atoms with E-state index < -0.39 is 0 Å². The Hall–Kier alpha value is -2.31. The molecule has 0 radical (unpaired) electrons. The first-order valence-corrected chi connectivity index (χ1v) is 11.0. The molecule has 1 aromatic carbocycles. The van der Waals surface area contributed by atoms with Gasteiger partial charge in [0.05, 0.1) is 27.0 Å². The smallest absolute Gasteiger partial charge is 0.196 e. The van der Waals surface area contributed by atoms with E-state index >= 15 is 0 Å². The standard InChI is InChI=1S/C23H27N3O2S/c1-13-20(16(4)27)14(2)24-21(13)22(28)15(3)26-11-9-17(10-12-26)23-25-18-7-5-6-8-19(18)29-23/h5-8,15,17,24H,9-12H2,1-4H3. The third-order valence-corrected chi connectivity index (χ3v) is 7.35. The van der Waals surface area contributed by atoms with Crippen molar-refractivity contribution in [1.29, 1.82) is 0 Å². The molecule has 5 nitrogen and oxygen atoms in total. The Morgan fingerprint density at radius 2 is 1.90 bits per heavy atom. The van der Waals surface area contributed by atoms with Gasteiger partial charge in [-0.05, 0) is 71.3 Å². The summed E-state index contributed by atoms with van der Waals surface area (Å²) in [5.41, 5.74) is 3.86. The fraction of sp³-hybridized carbons (Fsp3) is 0.435. The van der Waals surface area contributed by atoms with Crippen LogP contribution in [0.3, 0.4) is 0 Å². The number of H-pyrrole nitrogens is 1. The topological polar surface area (TPSA) is 66.1 Å². The Morgan fingerprint density at radius 3 is 2.52 bits per heavy atom. The summed E-state index contributed by atoms with van der Waals surface area (Å²) >= 11 is 1.79. The number of para-hydroxylation sites is 1. The molecule has 1 aliphatic rings. The van der Waals surface area contributed by atoms with E-state index in [2.05, 4.69) is 28.1 Å². The van der Waals surface area contributed by atoms with Crippen molar-refractivity contribution in [2.75, 3.05) is 13.1 Å². The number of benzene rings is 1. The first kappa shape index (κ1) is 20.0. The average Bonchev–Trinajstić information content (AvgIpc) is 3.27. The van der Waals surface area contributed by atoms with Crippen molar-refractivity contribution in [2.45, 2.75) is 52.5 Å². The van der Waals surface area contributed by atoms with Gasteiger partial charge in [0.2, 0.25) is 0 Å². The fourth-order valence-electron chi connectivity index (χ4n) is 4.50. The highest BCUT2D eigenvalue weighted by molar-refractivity contribution is 7.18. The largest absolute Gasteiger partial charge is 0.355 e. The van der Waals surface area contributed by atoms with Crippen LogP contribution in [0.15, 0.2) is 24.3 Å². The van der Waals surface area contributed by atoms with E-state index in [0.29, 0.717) is 17.2 Å². The minimum atomic E-state index is -0.206. The summed E-state index contributed by atoms with van der Waals surface area (Å²) in [6, 6.07) is 8.08. The van der Waals surface area contributed by atoms with E-state index in [9.17, 15) is 9.59 Å². The first-order valence-electron chi connectivity index (χ1n) is 10.2. The number of rotatable bonds is 5. The van der Waals surface area contributed by atoms with Crippen LogP contribution < -0.4 is 0 Å². The highest BCUT2D eigenvalue weighted by Crippen LogP contribution is 2.34. The van der Waals surface area contributed by atoms with Crippen LogP contribution in [0.1, 0.15) is 69.7 Å². The van der Waals surface area contributed by atoms with Gasteiger partial charge in [-0.15, -0.1) is 11.3 Å². The summed E-state index contributed by atoms with van der Waals surface area (Å²) < 4.78 is 1.24. The zero-order chi connectivity index (χ0) is 20.7. The van der Waals surface area contributed by atoms with Crippen molar-refractivity contribution in [2.24, 2.45) is 0 Å². The maximum Gasteiger partial charge on any atom is 0.196 e. The Labute approximate surface area is 175 Å². The van der Waals surface area contributed by atoms with Gasteiger partial charge in [0.25, 0.3) is 0 Å². The normalized spacial score (nSPS) is 17.0. The van der Waals surface area contributed by atoms with Crippen LogP contribution in [0.2, 0.25) is 0 Å². The molecule has 0 spiro atoms. The predicted octanol–water partition coefficient (Wildman–Crippen LogP) is 4.89. The van der Waals surface area contributed by atoms with E-state index in [1.54, 1.807) is 18.3 Å². The Kier molecular flexibility index (Phi) is 5.40. The highest BCUT2D eigenvalue weighted by Gasteiger charge is 2.31. The van der Waals surface area contributed by atoms with Gasteiger partial charge >= 0.3 is 0 Å². The fourth-order valence-corrected chi connectivity index (χ4v) is 5.63. The lowest BCUT2D eigenvalue weighted by atomic mass is 9.95. The Bertz CT molecular complexity index is 1040. The number of ketones is 2. The number of hydrogen-bond donors (Lipinski definition) is 1. The molecular weight excluding hydrogens is 382 g/mol. The SMILES string of the molecule is CC(=O)c1c(C)[nH]c(C(=O)C(C)N2CCC(c3nc4ccccc4s3)CC2)c1C. The number of nitrogens with zero attached hydrogens (tertiary/aromatic N) is 2. The zero-order valence-corrected chi connectivity index (χ0v) is 18.2. The second kappa shape index (κ2) is 7.84. The van der Waals surface area contributed by atoms with Gasteiger partial charge in [0, 0.05) is 17.2 Å². The van der Waals surface area contributed by atoms with Gasteiger partial charge in [0.1, 0.15) is 0 Å². The molecular formula is C23H27N3O2S. The van der Waals surface area contributed by atoms with Crippen molar-refractivity contribution in [3.63, 3.8) is 0 Å². The second-order valence-electron chi connectivity index (χ2n) is 8.05. The summed E-state index contributed by atoms with van der Waals surface area (Å²) in [6.45, 7) is 9.00. The summed E-state index contributed by atoms with van der Waals surface area (Å²) in [5, 5.41) is 1.21. The summed E-state index contributed by atoms with van der Waals surface area (Å²) in [6.07, 6.45) is 2.03. The number of fused-ring (bicyclic) bond motifs is 1. The van der Waals surface area contributed by atoms with Crippen molar-refractivity contribution in [3.05, 3.63) is 51.8 Å². The molecule has 1 N–H and O–H groups in total. The lowest BCUT2D eigenvalue weighted by Gasteiger charge is -2.34. The van der Waals surface area contributed by atoms with Crippen LogP contribution in [0.25, 0.3) is 10.2 Å². The molecule has 29 heavy (non-hydrogen) atoms. The molecule has 152 valence electrons. The highest BCUT2D eigenvalue weighted by atomic mass is 32.1. The molecule has 1 atom stereocenters. The number of aromatic amines is 1. The van der Waals surface area contributed by atoms with Crippen molar-refractivity contribution >= 4 is 33.1 Å². The monoisotopic (exact) mass is 409 g/mol. The first-order chi connectivity index (χ1) is 13.9. The number of Topliss-reactive ketones (excluding diaryl/α,β-unsaturated/α-hetero) is 2. The third kappa shape index (κ3) is 3.67. The molecule has 0 bridgehead atoms. The summed E-state index contributed by atoms with van der Waals surface area (Å²) in [4.78, 5) is 35.3. The maximum atomic E-state index is 13.1. The second-order valence-corrected chi connectivity index (χ2v) is 9.11. The summed E-state index contributed by atoms with van der Waals surface area (Å²) in [5.74, 6) is 0.529. The molecule has 4 rings (SSSR count). The lowest BCUT2D eigenvalue weighted by Crippen LogP contribution is -2.43. The van der Waals surface area contributed by atoms with Crippen LogP contribution in [0.5, 0.6) is 0 Å². The van der Waals surface area contributed by atoms with Gasteiger partial charge in [0.15, 0.2) is 11.6 Å². The number of aryl methyl sites for hydroxylation is 1. The van der Waals surface area contributed by atoms with Crippen LogP contribution >= 0.6 is 11.3 Å². The predicted molar refractivity (Wildman–Crippen MR) is 117 cm³/mol. The van der Waals surface area contributed by atoms with E-state index in [4.69, 9.17) is 4.98 Å². The molecule has 1 saturated heterocycles. The van der Waals surface area contributed by atoms with Crippen molar-refractivity contribution < 1.29 is 9.59 Å². The Balaban J connectivity index is 1.45. The van der Waals surface area contributed by atoms with Gasteiger partial charge < -0.3 is 4.98 Å². The van der Waals surface area contributed by atoms with E-state index in [1.165, 1.54) is 9.71 Å². The van der Waals surface area contributed by atoms with Crippen LogP contribution in [0, 0.1) is 13.8 Å². The van der Waals surface area contributed by atoms with Crippen LogP contribution in [0.4, 0.5) is 0 Å². The molecule has 1 unspecified atom stereocenters. The van der Waals surface area contributed by atoms with Gasteiger partial charge in [-0.2, -0.15) is 0 Å². The lowest BCUT2D eigenvalue weighted by molar-refractivity contribution is 0.0791. The van der Waals surface area contributed by atoms with Crippen LogP contribution in [-0.4, -0.2) is 45.6 Å². The van der Waals surface area contributed by atoms with Crippen LogP contribution in [-0.2, 0) is 0 Å². The molecule has 0 saturated carbocycles. The maximum absolute atomic E-state index is 13.1. The zero-order valence-electron chi connectivity index (χ0n) is 17.4. The molecule has 0 amide bonds. The molecule has 3 heterocycles. The molecule has 3 aromatic rings. The number of nitrogens with one attached hydrogen (secondary N) is 1. The Morgan fingerprint density at radius 1 is 1.21 bits per heavy atom. The number of carbonyl (C=O) groups is 2. The van der Waals surface area contributed by atoms with E-state index in [1.807, 2.05) is 26.8 Å². The van der Waals surface area contributed by atoms with Crippen molar-refractivity contribution in [1.82, 2.24) is 14.9 Å². The minimum Gasteiger partial charge on any atom is -0.355 e. The van der Waals surface area contributed by atoms with Crippen molar-refractivity contribution in [3.8, 4) is 0 Å².